The van der Waals surface area contributed by atoms with Gasteiger partial charge in [0.2, 0.25) is 0 Å². The largest absolute Gasteiger partial charge is 0.396 e. The number of hydrogen-bond acceptors (Lipinski definition) is 4. The molecule has 0 radical (unpaired) electrons. The molecule has 5 heteroatoms. The number of carbonyl (C=O) groups excluding carboxylic acids is 1. The number of aryl methyl sites for hydroxylation is 1. The number of aliphatic hydroxyl groups is 1. The molecule has 1 aromatic carbocycles. The summed E-state index contributed by atoms with van der Waals surface area (Å²) in [6.45, 7) is 4.06. The van der Waals surface area contributed by atoms with Gasteiger partial charge in [-0.05, 0) is 38.8 Å². The van der Waals surface area contributed by atoms with Crippen LogP contribution in [0.4, 0.5) is 0 Å². The molecule has 1 amide bonds. The number of aliphatic hydroxyl groups excluding tert-OH is 1. The van der Waals surface area contributed by atoms with Crippen LogP contribution in [0.2, 0.25) is 0 Å². The highest BCUT2D eigenvalue weighted by Gasteiger charge is 2.11. The van der Waals surface area contributed by atoms with Gasteiger partial charge in [-0.15, -0.1) is 11.3 Å². The average molecular weight is 304 g/mol. The van der Waals surface area contributed by atoms with Gasteiger partial charge in [-0.2, -0.15) is 0 Å². The van der Waals surface area contributed by atoms with Crippen LogP contribution in [0.5, 0.6) is 0 Å². The van der Waals surface area contributed by atoms with Crippen molar-refractivity contribution in [1.29, 1.82) is 0 Å². The predicted molar refractivity (Wildman–Crippen MR) is 85.5 cm³/mol. The number of carbonyl (C=O) groups is 1. The van der Waals surface area contributed by atoms with Crippen molar-refractivity contribution in [3.63, 3.8) is 0 Å². The summed E-state index contributed by atoms with van der Waals surface area (Å²) in [4.78, 5) is 16.7. The maximum Gasteiger partial charge on any atom is 0.251 e. The van der Waals surface area contributed by atoms with E-state index in [0.29, 0.717) is 12.0 Å². The minimum atomic E-state index is -0.0887. The minimum absolute atomic E-state index is 0.0508. The van der Waals surface area contributed by atoms with Gasteiger partial charge in [0.05, 0.1) is 10.7 Å². The van der Waals surface area contributed by atoms with Crippen LogP contribution in [0.15, 0.2) is 29.6 Å². The number of amides is 1. The highest BCUT2D eigenvalue weighted by Crippen LogP contribution is 2.22. The Hall–Kier alpha value is -1.72. The van der Waals surface area contributed by atoms with Gasteiger partial charge in [0, 0.05) is 29.2 Å². The molecular weight excluding hydrogens is 284 g/mol. The fourth-order valence-corrected chi connectivity index (χ4v) is 2.71. The summed E-state index contributed by atoms with van der Waals surface area (Å²) in [5.41, 5.74) is 2.49. The first-order valence-corrected chi connectivity index (χ1v) is 7.92. The van der Waals surface area contributed by atoms with Gasteiger partial charge in [0.15, 0.2) is 0 Å². The molecular formula is C16H20N2O2S. The molecule has 112 valence electrons. The van der Waals surface area contributed by atoms with Crippen LogP contribution < -0.4 is 5.32 Å². The maximum absolute atomic E-state index is 12.2. The molecule has 1 unspecified atom stereocenters. The Balaban J connectivity index is 2.08. The van der Waals surface area contributed by atoms with Crippen LogP contribution in [-0.4, -0.2) is 28.6 Å². The van der Waals surface area contributed by atoms with E-state index < -0.39 is 0 Å². The quantitative estimate of drug-likeness (QED) is 0.862. The van der Waals surface area contributed by atoms with E-state index in [9.17, 15) is 4.79 Å². The van der Waals surface area contributed by atoms with E-state index >= 15 is 0 Å². The van der Waals surface area contributed by atoms with Gasteiger partial charge in [-0.1, -0.05) is 12.1 Å². The summed E-state index contributed by atoms with van der Waals surface area (Å²) in [6, 6.07) is 7.55. The number of thiazole rings is 1. The van der Waals surface area contributed by atoms with Gasteiger partial charge in [-0.3, -0.25) is 4.79 Å². The SMILES string of the molecule is Cc1nc(-c2cccc(C(=O)NC(C)CCCO)c2)cs1. The molecule has 0 saturated heterocycles. The third-order valence-corrected chi connectivity index (χ3v) is 3.99. The second-order valence-corrected chi connectivity index (χ2v) is 6.14. The number of nitrogens with zero attached hydrogens (tertiary/aromatic N) is 1. The second-order valence-electron chi connectivity index (χ2n) is 5.07. The van der Waals surface area contributed by atoms with Crippen molar-refractivity contribution in [3.05, 3.63) is 40.2 Å². The van der Waals surface area contributed by atoms with Crippen molar-refractivity contribution < 1.29 is 9.90 Å². The Labute approximate surface area is 128 Å². The Morgan fingerprint density at radius 2 is 2.29 bits per heavy atom. The summed E-state index contributed by atoms with van der Waals surface area (Å²) in [5, 5.41) is 14.8. The zero-order valence-corrected chi connectivity index (χ0v) is 13.1. The molecule has 0 bridgehead atoms. The van der Waals surface area contributed by atoms with E-state index in [1.165, 1.54) is 0 Å². The van der Waals surface area contributed by atoms with Crippen LogP contribution >= 0.6 is 11.3 Å². The Morgan fingerprint density at radius 3 is 2.95 bits per heavy atom. The molecule has 2 rings (SSSR count). The van der Waals surface area contributed by atoms with Crippen LogP contribution in [-0.2, 0) is 0 Å². The summed E-state index contributed by atoms with van der Waals surface area (Å²) in [5.74, 6) is -0.0887. The van der Waals surface area contributed by atoms with Crippen molar-refractivity contribution in [2.45, 2.75) is 32.7 Å². The number of aromatic nitrogens is 1. The van der Waals surface area contributed by atoms with Gasteiger partial charge in [-0.25, -0.2) is 4.98 Å². The molecule has 1 aromatic heterocycles. The highest BCUT2D eigenvalue weighted by atomic mass is 32.1. The fourth-order valence-electron chi connectivity index (χ4n) is 2.09. The number of nitrogens with one attached hydrogen (secondary N) is 1. The summed E-state index contributed by atoms with van der Waals surface area (Å²) < 4.78 is 0. The molecule has 0 aliphatic rings. The second kappa shape index (κ2) is 7.33. The molecule has 0 spiro atoms. The lowest BCUT2D eigenvalue weighted by Crippen LogP contribution is -2.32. The normalized spacial score (nSPS) is 12.1. The number of benzene rings is 1. The van der Waals surface area contributed by atoms with Crippen molar-refractivity contribution in [2.24, 2.45) is 0 Å². The Morgan fingerprint density at radius 1 is 1.48 bits per heavy atom. The Bertz CT molecular complexity index is 610. The number of hydrogen-bond donors (Lipinski definition) is 2. The number of rotatable bonds is 6. The third kappa shape index (κ3) is 4.37. The average Bonchev–Trinajstić information content (AvgIpc) is 2.92. The van der Waals surface area contributed by atoms with Crippen molar-refractivity contribution in [2.75, 3.05) is 6.61 Å². The third-order valence-electron chi connectivity index (χ3n) is 3.21. The van der Waals surface area contributed by atoms with Crippen LogP contribution in [0.25, 0.3) is 11.3 Å². The first kappa shape index (κ1) is 15.7. The summed E-state index contributed by atoms with van der Waals surface area (Å²) in [6.07, 6.45) is 1.47. The van der Waals surface area contributed by atoms with E-state index in [0.717, 1.165) is 22.7 Å². The van der Waals surface area contributed by atoms with Crippen molar-refractivity contribution >= 4 is 17.2 Å². The zero-order valence-electron chi connectivity index (χ0n) is 12.3. The van der Waals surface area contributed by atoms with Gasteiger partial charge < -0.3 is 10.4 Å². The van der Waals surface area contributed by atoms with Crippen molar-refractivity contribution in [3.8, 4) is 11.3 Å². The van der Waals surface area contributed by atoms with Gasteiger partial charge in [0.1, 0.15) is 0 Å². The minimum Gasteiger partial charge on any atom is -0.396 e. The molecule has 0 fully saturated rings. The molecule has 1 heterocycles. The lowest BCUT2D eigenvalue weighted by Gasteiger charge is -2.13. The maximum atomic E-state index is 12.2. The molecule has 4 nitrogen and oxygen atoms in total. The van der Waals surface area contributed by atoms with E-state index in [1.54, 1.807) is 17.4 Å². The molecule has 0 aliphatic heterocycles. The van der Waals surface area contributed by atoms with Gasteiger partial charge >= 0.3 is 0 Å². The van der Waals surface area contributed by atoms with E-state index in [2.05, 4.69) is 10.3 Å². The molecule has 2 aromatic rings. The Kier molecular flexibility index (Phi) is 5.47. The molecule has 1 atom stereocenters. The van der Waals surface area contributed by atoms with Gasteiger partial charge in [0.25, 0.3) is 5.91 Å². The molecule has 0 saturated carbocycles. The fraction of sp³-hybridized carbons (Fsp3) is 0.375. The van der Waals surface area contributed by atoms with Crippen LogP contribution in [0.3, 0.4) is 0 Å². The van der Waals surface area contributed by atoms with E-state index in [-0.39, 0.29) is 18.6 Å². The lowest BCUT2D eigenvalue weighted by atomic mass is 10.1. The molecule has 2 N–H and O–H groups in total. The summed E-state index contributed by atoms with van der Waals surface area (Å²) in [7, 11) is 0. The summed E-state index contributed by atoms with van der Waals surface area (Å²) >= 11 is 1.60. The molecule has 0 aliphatic carbocycles. The monoisotopic (exact) mass is 304 g/mol. The van der Waals surface area contributed by atoms with E-state index in [4.69, 9.17) is 5.11 Å². The molecule has 21 heavy (non-hydrogen) atoms. The van der Waals surface area contributed by atoms with E-state index in [1.807, 2.05) is 37.4 Å². The zero-order chi connectivity index (χ0) is 15.2. The standard InChI is InChI=1S/C16H20N2O2S/c1-11(5-4-8-19)17-16(20)14-7-3-6-13(9-14)15-10-21-12(2)18-15/h3,6-7,9-11,19H,4-5,8H2,1-2H3,(H,17,20). The first-order chi connectivity index (χ1) is 10.1. The van der Waals surface area contributed by atoms with Crippen molar-refractivity contribution in [1.82, 2.24) is 10.3 Å². The topological polar surface area (TPSA) is 62.2 Å². The highest BCUT2D eigenvalue weighted by molar-refractivity contribution is 7.09. The van der Waals surface area contributed by atoms with Crippen LogP contribution in [0.1, 0.15) is 35.1 Å². The lowest BCUT2D eigenvalue weighted by molar-refractivity contribution is 0.0936. The van der Waals surface area contributed by atoms with Crippen LogP contribution in [0, 0.1) is 6.92 Å². The first-order valence-electron chi connectivity index (χ1n) is 7.04. The smallest absolute Gasteiger partial charge is 0.251 e. The predicted octanol–water partition coefficient (Wildman–Crippen LogP) is 3.01.